The lowest BCUT2D eigenvalue weighted by Gasteiger charge is -2.22. The molecular formula is C13H25NSSi. The molecule has 1 atom stereocenters. The fourth-order valence-corrected chi connectivity index (χ4v) is 7.54. The van der Waals surface area contributed by atoms with Crippen LogP contribution in [0.5, 0.6) is 0 Å². The Morgan fingerprint density at radius 1 is 1.06 bits per heavy atom. The third kappa shape index (κ3) is 3.62. The Bertz CT molecular complexity index is 264. The van der Waals surface area contributed by atoms with Crippen LogP contribution in [0, 0.1) is 0 Å². The first kappa shape index (κ1) is 12.7. The van der Waals surface area contributed by atoms with E-state index in [2.05, 4.69) is 30.9 Å². The van der Waals surface area contributed by atoms with E-state index in [1.54, 1.807) is 5.71 Å². The van der Waals surface area contributed by atoms with Gasteiger partial charge in [0.05, 0.1) is 0 Å². The molecule has 3 heteroatoms. The van der Waals surface area contributed by atoms with Crippen molar-refractivity contribution in [3.05, 3.63) is 0 Å². The first-order chi connectivity index (χ1) is 7.54. The zero-order valence-corrected chi connectivity index (χ0v) is 12.8. The number of aliphatic imine (C=N–C) groups is 1. The second-order valence-corrected chi connectivity index (χ2v) is 15.6. The fourth-order valence-electron chi connectivity index (χ4n) is 2.77. The minimum absolute atomic E-state index is 0.692. The molecule has 0 aliphatic heterocycles. The van der Waals surface area contributed by atoms with Crippen LogP contribution >= 0.6 is 11.2 Å². The number of rotatable bonds is 3. The van der Waals surface area contributed by atoms with Crippen molar-refractivity contribution in [2.75, 3.05) is 0 Å². The third-order valence-electron chi connectivity index (χ3n) is 3.44. The van der Waals surface area contributed by atoms with Crippen LogP contribution in [0.2, 0.25) is 19.6 Å². The van der Waals surface area contributed by atoms with E-state index in [9.17, 15) is 0 Å². The lowest BCUT2D eigenvalue weighted by atomic mass is 10.2. The molecule has 0 aromatic rings. The summed E-state index contributed by atoms with van der Waals surface area (Å²) >= 11 is 2.26. The second kappa shape index (κ2) is 5.26. The van der Waals surface area contributed by atoms with Crippen molar-refractivity contribution < 1.29 is 0 Å². The first-order valence-electron chi connectivity index (χ1n) is 6.79. The highest BCUT2D eigenvalue weighted by Gasteiger charge is 2.29. The second-order valence-electron chi connectivity index (χ2n) is 6.17. The smallest absolute Gasteiger partial charge is 0.109 e. The molecule has 1 unspecified atom stereocenters. The topological polar surface area (TPSA) is 12.4 Å². The van der Waals surface area contributed by atoms with Gasteiger partial charge in [0.2, 0.25) is 0 Å². The Balaban J connectivity index is 1.97. The largest absolute Gasteiger partial charge is 0.290 e. The molecule has 2 fully saturated rings. The summed E-state index contributed by atoms with van der Waals surface area (Å²) in [6, 6.07) is 0.692. The summed E-state index contributed by atoms with van der Waals surface area (Å²) < 4.78 is 0. The quantitative estimate of drug-likeness (QED) is 0.677. The normalized spacial score (nSPS) is 30.4. The highest BCUT2D eigenvalue weighted by atomic mass is 32.4. The van der Waals surface area contributed by atoms with Crippen LogP contribution in [-0.2, 0) is 0 Å². The van der Waals surface area contributed by atoms with Crippen molar-refractivity contribution in [2.45, 2.75) is 75.9 Å². The van der Waals surface area contributed by atoms with Gasteiger partial charge in [-0.25, -0.2) is 0 Å². The van der Waals surface area contributed by atoms with Gasteiger partial charge < -0.3 is 0 Å². The van der Waals surface area contributed by atoms with Gasteiger partial charge in [-0.05, 0) is 32.1 Å². The van der Waals surface area contributed by atoms with Crippen LogP contribution in [-0.4, -0.2) is 24.2 Å². The van der Waals surface area contributed by atoms with Crippen LogP contribution in [0.15, 0.2) is 4.99 Å². The number of hydrogen-bond acceptors (Lipinski definition) is 2. The van der Waals surface area contributed by atoms with Gasteiger partial charge in [0.15, 0.2) is 0 Å². The molecule has 2 rings (SSSR count). The van der Waals surface area contributed by atoms with Gasteiger partial charge in [-0.2, -0.15) is 11.2 Å². The van der Waals surface area contributed by atoms with Gasteiger partial charge in [-0.3, -0.25) is 4.99 Å². The molecule has 2 saturated carbocycles. The average Bonchev–Trinajstić information content (AvgIpc) is 2.77. The van der Waals surface area contributed by atoms with E-state index in [0.717, 1.165) is 5.25 Å². The van der Waals surface area contributed by atoms with Crippen molar-refractivity contribution in [1.82, 2.24) is 0 Å². The predicted octanol–water partition coefficient (Wildman–Crippen LogP) is 4.49. The summed E-state index contributed by atoms with van der Waals surface area (Å²) in [6.45, 7) is 7.38. The molecule has 0 amide bonds. The van der Waals surface area contributed by atoms with Crippen LogP contribution < -0.4 is 0 Å². The van der Waals surface area contributed by atoms with Crippen molar-refractivity contribution >= 4 is 24.1 Å². The van der Waals surface area contributed by atoms with Crippen molar-refractivity contribution in [3.63, 3.8) is 0 Å². The number of hydrogen-bond donors (Lipinski definition) is 0. The Morgan fingerprint density at radius 2 is 1.75 bits per heavy atom. The molecule has 0 aromatic heterocycles. The molecule has 0 radical (unpaired) electrons. The minimum atomic E-state index is -0.984. The van der Waals surface area contributed by atoms with Crippen molar-refractivity contribution in [1.29, 1.82) is 0 Å². The Morgan fingerprint density at radius 3 is 2.38 bits per heavy atom. The molecule has 2 aliphatic rings. The fraction of sp³-hybridized carbons (Fsp3) is 0.923. The lowest BCUT2D eigenvalue weighted by molar-refractivity contribution is 0.704. The van der Waals surface area contributed by atoms with E-state index in [4.69, 9.17) is 4.99 Å². The van der Waals surface area contributed by atoms with E-state index >= 15 is 0 Å². The Hall–Kier alpha value is 0.237. The first-order valence-corrected chi connectivity index (χ1v) is 11.9. The van der Waals surface area contributed by atoms with Gasteiger partial charge in [-0.1, -0.05) is 32.5 Å². The van der Waals surface area contributed by atoms with Gasteiger partial charge in [0, 0.05) is 17.0 Å². The van der Waals surface area contributed by atoms with Gasteiger partial charge in [0.1, 0.15) is 7.22 Å². The van der Waals surface area contributed by atoms with E-state index in [1.165, 1.54) is 44.9 Å². The lowest BCUT2D eigenvalue weighted by Crippen LogP contribution is -2.23. The molecule has 1 nitrogen and oxygen atoms in total. The standard InChI is InChI=1S/C13H25NSSi/c1-16(2,3)15-13-10-6-9-12(13)14-11-7-4-5-8-11/h11,13H,4-10H2,1-3H3. The van der Waals surface area contributed by atoms with Gasteiger partial charge >= 0.3 is 0 Å². The van der Waals surface area contributed by atoms with E-state index in [-0.39, 0.29) is 0 Å². The summed E-state index contributed by atoms with van der Waals surface area (Å²) in [6.07, 6.45) is 9.59. The predicted molar refractivity (Wildman–Crippen MR) is 78.3 cm³/mol. The molecule has 0 spiro atoms. The molecule has 0 bridgehead atoms. The van der Waals surface area contributed by atoms with Crippen LogP contribution in [0.1, 0.15) is 44.9 Å². The maximum absolute atomic E-state index is 5.06. The molecule has 92 valence electrons. The van der Waals surface area contributed by atoms with Crippen LogP contribution in [0.3, 0.4) is 0 Å². The molecule has 0 aromatic carbocycles. The Kier molecular flexibility index (Phi) is 4.17. The monoisotopic (exact) mass is 255 g/mol. The van der Waals surface area contributed by atoms with Crippen LogP contribution in [0.4, 0.5) is 0 Å². The SMILES string of the molecule is C[Si](C)(C)SC1CCCC1=NC1CCCC1. The number of nitrogens with zero attached hydrogens (tertiary/aromatic N) is 1. The molecule has 2 aliphatic carbocycles. The maximum Gasteiger partial charge on any atom is 0.109 e. The van der Waals surface area contributed by atoms with E-state index in [0.29, 0.717) is 6.04 Å². The van der Waals surface area contributed by atoms with Crippen molar-refractivity contribution in [3.8, 4) is 0 Å². The summed E-state index contributed by atoms with van der Waals surface area (Å²) in [5.41, 5.74) is 1.57. The minimum Gasteiger partial charge on any atom is -0.290 e. The maximum atomic E-state index is 5.06. The summed E-state index contributed by atoms with van der Waals surface area (Å²) in [7, 11) is -0.984. The summed E-state index contributed by atoms with van der Waals surface area (Å²) in [5, 5.41) is 0.785. The molecule has 0 N–H and O–H groups in total. The zero-order valence-electron chi connectivity index (χ0n) is 11.0. The summed E-state index contributed by atoms with van der Waals surface area (Å²) in [4.78, 5) is 5.06. The van der Waals surface area contributed by atoms with Gasteiger partial charge in [0.25, 0.3) is 0 Å². The van der Waals surface area contributed by atoms with E-state index in [1.807, 2.05) is 0 Å². The highest BCUT2D eigenvalue weighted by Crippen LogP contribution is 2.35. The van der Waals surface area contributed by atoms with Crippen molar-refractivity contribution in [2.24, 2.45) is 4.99 Å². The zero-order chi connectivity index (χ0) is 11.6. The van der Waals surface area contributed by atoms with Gasteiger partial charge in [-0.15, -0.1) is 0 Å². The average molecular weight is 256 g/mol. The molecule has 0 saturated heterocycles. The third-order valence-corrected chi connectivity index (χ3v) is 7.91. The highest BCUT2D eigenvalue weighted by molar-refractivity contribution is 8.29. The molecule has 0 heterocycles. The van der Waals surface area contributed by atoms with E-state index < -0.39 is 7.22 Å². The Labute approximate surface area is 105 Å². The molecule has 16 heavy (non-hydrogen) atoms. The summed E-state index contributed by atoms with van der Waals surface area (Å²) in [5.74, 6) is 0. The molecular weight excluding hydrogens is 230 g/mol. The van der Waals surface area contributed by atoms with Crippen LogP contribution in [0.25, 0.3) is 0 Å².